The molecule has 0 N–H and O–H groups in total. The van der Waals surface area contributed by atoms with Crippen LogP contribution in [0, 0.1) is 0 Å². The first kappa shape index (κ1) is 14.1. The van der Waals surface area contributed by atoms with Gasteiger partial charge < -0.3 is 0 Å². The Morgan fingerprint density at radius 2 is 1.16 bits per heavy atom. The Bertz CT molecular complexity index is 575. The molecule has 1 aliphatic rings. The van der Waals surface area contributed by atoms with E-state index in [9.17, 15) is 13.6 Å². The Balaban J connectivity index is 0.000000637. The minimum absolute atomic E-state index is 0.0937. The molecule has 0 bridgehead atoms. The van der Waals surface area contributed by atoms with Crippen LogP contribution in [0.4, 0.5) is 8.78 Å². The van der Waals surface area contributed by atoms with Crippen molar-refractivity contribution >= 4 is 29.1 Å². The molecule has 0 amide bonds. The Morgan fingerprint density at radius 1 is 0.789 bits per heavy atom. The van der Waals surface area contributed by atoms with Crippen molar-refractivity contribution in [3.63, 3.8) is 0 Å². The lowest BCUT2D eigenvalue weighted by Gasteiger charge is -2.26. The van der Waals surface area contributed by atoms with E-state index in [-0.39, 0.29) is 28.0 Å². The molecule has 0 heterocycles. The van der Waals surface area contributed by atoms with E-state index in [1.807, 2.05) is 0 Å². The van der Waals surface area contributed by atoms with Crippen LogP contribution in [0.15, 0.2) is 48.5 Å². The minimum Gasteiger partial charge on any atom is -0.289 e. The number of alkyl halides is 2. The zero-order valence-corrected chi connectivity index (χ0v) is 11.5. The van der Waals surface area contributed by atoms with E-state index in [0.717, 1.165) is 0 Å². The first-order valence-electron chi connectivity index (χ1n) is 5.44. The molecule has 0 aliphatic heterocycles. The van der Waals surface area contributed by atoms with E-state index in [1.165, 1.54) is 36.4 Å². The molecule has 0 saturated carbocycles. The third kappa shape index (κ3) is 2.17. The maximum Gasteiger partial charge on any atom is 0.299 e. The van der Waals surface area contributed by atoms with E-state index in [2.05, 4.69) is 23.3 Å². The number of carbonyl (C=O) groups excluding carboxylic acids is 1. The Hall–Kier alpha value is -1.33. The van der Waals surface area contributed by atoms with Gasteiger partial charge in [-0.2, -0.15) is 8.78 Å². The van der Waals surface area contributed by atoms with E-state index >= 15 is 0 Å². The first-order valence-corrected chi connectivity index (χ1v) is 7.04. The van der Waals surface area contributed by atoms with Gasteiger partial charge in [0.1, 0.15) is 0 Å². The summed E-state index contributed by atoms with van der Waals surface area (Å²) >= 11 is 6.44. The molecule has 1 aliphatic carbocycles. The number of halogens is 2. The highest BCUT2D eigenvalue weighted by molar-refractivity contribution is 8.59. The summed E-state index contributed by atoms with van der Waals surface area (Å²) in [5.74, 6) is -3.43. The van der Waals surface area contributed by atoms with Gasteiger partial charge in [-0.3, -0.25) is 4.79 Å². The Kier molecular flexibility index (Phi) is 3.96. The quantitative estimate of drug-likeness (QED) is 0.552. The molecular weight excluding hydrogens is 286 g/mol. The molecule has 0 saturated heterocycles. The average molecular weight is 296 g/mol. The van der Waals surface area contributed by atoms with Gasteiger partial charge in [-0.05, 0) is 0 Å². The molecule has 2 aromatic carbocycles. The summed E-state index contributed by atoms with van der Waals surface area (Å²) in [6, 6.07) is 11.7. The lowest BCUT2D eigenvalue weighted by atomic mass is 9.82. The lowest BCUT2D eigenvalue weighted by Crippen LogP contribution is -2.27. The van der Waals surface area contributed by atoms with Crippen molar-refractivity contribution in [2.75, 3.05) is 0 Å². The van der Waals surface area contributed by atoms with Crippen LogP contribution >= 0.6 is 23.3 Å². The fourth-order valence-corrected chi connectivity index (χ4v) is 2.20. The number of thiol groups is 2. The molecule has 2 aromatic rings. The van der Waals surface area contributed by atoms with Crippen molar-refractivity contribution in [3.8, 4) is 0 Å². The standard InChI is InChI=1S/C14H8F2O.H2S2/c15-14(16)11-7-3-1-5-9(11)13(17)10-6-2-4-8-12(10)14;1-2/h1-8H;1-2H. The smallest absolute Gasteiger partial charge is 0.289 e. The summed E-state index contributed by atoms with van der Waals surface area (Å²) in [6.07, 6.45) is 0. The molecule has 0 spiro atoms. The van der Waals surface area contributed by atoms with Gasteiger partial charge in [0.25, 0.3) is 5.92 Å². The van der Waals surface area contributed by atoms with Gasteiger partial charge in [0, 0.05) is 22.3 Å². The molecule has 0 atom stereocenters. The van der Waals surface area contributed by atoms with Crippen LogP contribution in [0.1, 0.15) is 27.0 Å². The van der Waals surface area contributed by atoms with Gasteiger partial charge in [0.2, 0.25) is 0 Å². The largest absolute Gasteiger partial charge is 0.299 e. The number of benzene rings is 2. The Morgan fingerprint density at radius 3 is 1.58 bits per heavy atom. The average Bonchev–Trinajstić information content (AvgIpc) is 2.47. The van der Waals surface area contributed by atoms with Crippen LogP contribution in [0.25, 0.3) is 0 Å². The molecule has 0 aromatic heterocycles. The maximum absolute atomic E-state index is 14.2. The van der Waals surface area contributed by atoms with Crippen LogP contribution < -0.4 is 0 Å². The fraction of sp³-hybridized carbons (Fsp3) is 0.0714. The number of rotatable bonds is 0. The second-order valence-electron chi connectivity index (χ2n) is 3.99. The number of hydrogen-bond donors (Lipinski definition) is 2. The predicted molar refractivity (Wildman–Crippen MR) is 77.3 cm³/mol. The predicted octanol–water partition coefficient (Wildman–Crippen LogP) is 4.13. The van der Waals surface area contributed by atoms with Crippen molar-refractivity contribution in [2.45, 2.75) is 5.92 Å². The zero-order chi connectivity index (χ0) is 14.0. The SMILES string of the molecule is O=C1c2ccccc2C(F)(F)c2ccccc21.SS. The van der Waals surface area contributed by atoms with Gasteiger partial charge in [0.05, 0.1) is 0 Å². The minimum atomic E-state index is -3.10. The highest BCUT2D eigenvalue weighted by atomic mass is 33.1. The monoisotopic (exact) mass is 296 g/mol. The van der Waals surface area contributed by atoms with Gasteiger partial charge in [-0.25, -0.2) is 0 Å². The fourth-order valence-electron chi connectivity index (χ4n) is 2.20. The van der Waals surface area contributed by atoms with E-state index in [1.54, 1.807) is 12.1 Å². The summed E-state index contributed by atoms with van der Waals surface area (Å²) in [7, 11) is 0. The molecule has 98 valence electrons. The lowest BCUT2D eigenvalue weighted by molar-refractivity contribution is 0.0376. The maximum atomic E-state index is 14.2. The molecule has 5 heteroatoms. The van der Waals surface area contributed by atoms with Crippen LogP contribution in [-0.2, 0) is 5.92 Å². The van der Waals surface area contributed by atoms with Crippen LogP contribution in [0.5, 0.6) is 0 Å². The van der Waals surface area contributed by atoms with Crippen molar-refractivity contribution < 1.29 is 13.6 Å². The van der Waals surface area contributed by atoms with Crippen LogP contribution in [0.3, 0.4) is 0 Å². The first-order chi connectivity index (χ1) is 9.12. The Labute approximate surface area is 119 Å². The summed E-state index contributed by atoms with van der Waals surface area (Å²) in [5.41, 5.74) is -0.222. The molecule has 0 unspecified atom stereocenters. The van der Waals surface area contributed by atoms with Gasteiger partial charge in [0.15, 0.2) is 5.78 Å². The molecule has 0 radical (unpaired) electrons. The van der Waals surface area contributed by atoms with Crippen molar-refractivity contribution in [1.82, 2.24) is 0 Å². The van der Waals surface area contributed by atoms with Gasteiger partial charge in [-0.15, -0.1) is 23.3 Å². The number of carbonyl (C=O) groups is 1. The molecule has 1 nitrogen and oxygen atoms in total. The summed E-state index contributed by atoms with van der Waals surface area (Å²) in [4.78, 5) is 12.1. The van der Waals surface area contributed by atoms with Crippen LogP contribution in [0.2, 0.25) is 0 Å². The van der Waals surface area contributed by atoms with Crippen molar-refractivity contribution in [3.05, 3.63) is 70.8 Å². The number of fused-ring (bicyclic) bond motifs is 2. The topological polar surface area (TPSA) is 17.1 Å². The summed E-state index contributed by atoms with van der Waals surface area (Å²) < 4.78 is 28.4. The summed E-state index contributed by atoms with van der Waals surface area (Å²) in [6.45, 7) is 0. The molecule has 19 heavy (non-hydrogen) atoms. The van der Waals surface area contributed by atoms with Crippen LogP contribution in [-0.4, -0.2) is 5.78 Å². The number of hydrogen-bond acceptors (Lipinski definition) is 3. The van der Waals surface area contributed by atoms with Crippen molar-refractivity contribution in [1.29, 1.82) is 0 Å². The highest BCUT2D eigenvalue weighted by Crippen LogP contribution is 2.43. The third-order valence-electron chi connectivity index (χ3n) is 3.02. The van der Waals surface area contributed by atoms with E-state index in [4.69, 9.17) is 0 Å². The molecule has 0 fully saturated rings. The second kappa shape index (κ2) is 5.35. The van der Waals surface area contributed by atoms with Crippen molar-refractivity contribution in [2.24, 2.45) is 0 Å². The van der Waals surface area contributed by atoms with Gasteiger partial charge >= 0.3 is 0 Å². The van der Waals surface area contributed by atoms with E-state index < -0.39 is 5.92 Å². The molecule has 3 rings (SSSR count). The molecular formula is C14H10F2OS2. The zero-order valence-electron chi connectivity index (χ0n) is 9.68. The third-order valence-corrected chi connectivity index (χ3v) is 3.02. The normalized spacial score (nSPS) is 14.8. The highest BCUT2D eigenvalue weighted by Gasteiger charge is 2.44. The van der Waals surface area contributed by atoms with Gasteiger partial charge in [-0.1, -0.05) is 48.5 Å². The summed E-state index contributed by atoms with van der Waals surface area (Å²) in [5, 5.41) is 0. The van der Waals surface area contributed by atoms with E-state index in [0.29, 0.717) is 0 Å². The number of ketones is 1. The second-order valence-corrected chi connectivity index (χ2v) is 3.99.